The maximum absolute atomic E-state index is 13.2. The zero-order valence-corrected chi connectivity index (χ0v) is 14.4. The highest BCUT2D eigenvalue weighted by Gasteiger charge is 2.18. The van der Waals surface area contributed by atoms with Crippen molar-refractivity contribution in [1.82, 2.24) is 25.5 Å². The van der Waals surface area contributed by atoms with Crippen molar-refractivity contribution in [3.05, 3.63) is 58.0 Å². The minimum atomic E-state index is -0.309. The monoisotopic (exact) mass is 363 g/mol. The number of hydrogen-bond donors (Lipinski definition) is 1. The van der Waals surface area contributed by atoms with Gasteiger partial charge in [-0.25, -0.2) is 9.07 Å². The van der Waals surface area contributed by atoms with E-state index >= 15 is 0 Å². The molecule has 0 bridgehead atoms. The molecule has 0 radical (unpaired) electrons. The predicted octanol–water partition coefficient (Wildman–Crippen LogP) is 2.41. The minimum absolute atomic E-state index is 0.147. The summed E-state index contributed by atoms with van der Waals surface area (Å²) in [5.41, 5.74) is 0.831. The Kier molecular flexibility index (Phi) is 5.21. The zero-order chi connectivity index (χ0) is 16.9. The molecule has 1 aromatic carbocycles. The van der Waals surface area contributed by atoms with Crippen LogP contribution in [0.3, 0.4) is 0 Å². The molecule has 0 aliphatic carbocycles. The fraction of sp³-hybridized carbons (Fsp3) is 0.200. The minimum Gasteiger partial charge on any atom is -0.344 e. The summed E-state index contributed by atoms with van der Waals surface area (Å²) in [5.74, 6) is -0.261. The van der Waals surface area contributed by atoms with E-state index in [9.17, 15) is 9.18 Å². The van der Waals surface area contributed by atoms with Gasteiger partial charge in [0.1, 0.15) is 5.82 Å². The molecule has 1 N–H and O–H groups in total. The number of carbonyl (C=O) groups excluding carboxylic acids is 1. The fourth-order valence-corrected chi connectivity index (χ4v) is 3.57. The summed E-state index contributed by atoms with van der Waals surface area (Å²) in [5, 5.41) is 16.6. The first kappa shape index (κ1) is 16.6. The van der Waals surface area contributed by atoms with Gasteiger partial charge in [-0.15, -0.1) is 16.4 Å². The lowest BCUT2D eigenvalue weighted by atomic mass is 10.1. The number of nitrogens with zero attached hydrogens (tertiary/aromatic N) is 4. The maximum Gasteiger partial charge on any atom is 0.231 e. The average Bonchev–Trinajstić information content (AvgIpc) is 3.23. The van der Waals surface area contributed by atoms with Crippen molar-refractivity contribution in [2.45, 2.75) is 11.2 Å². The number of carbonyl (C=O) groups is 1. The van der Waals surface area contributed by atoms with Crippen LogP contribution in [0.1, 0.15) is 16.5 Å². The largest absolute Gasteiger partial charge is 0.344 e. The van der Waals surface area contributed by atoms with Gasteiger partial charge in [0, 0.05) is 11.9 Å². The van der Waals surface area contributed by atoms with Crippen molar-refractivity contribution >= 4 is 29.0 Å². The van der Waals surface area contributed by atoms with Gasteiger partial charge in [0.15, 0.2) is 0 Å². The van der Waals surface area contributed by atoms with Gasteiger partial charge >= 0.3 is 0 Å². The second-order valence-corrected chi connectivity index (χ2v) is 6.86. The first-order chi connectivity index (χ1) is 11.6. The molecule has 1 amide bonds. The van der Waals surface area contributed by atoms with Gasteiger partial charge in [-0.05, 0) is 39.6 Å². The van der Waals surface area contributed by atoms with Crippen molar-refractivity contribution in [1.29, 1.82) is 0 Å². The summed E-state index contributed by atoms with van der Waals surface area (Å²) < 4.78 is 14.7. The first-order valence-corrected chi connectivity index (χ1v) is 8.93. The molecule has 0 saturated carbocycles. The normalized spacial score (nSPS) is 12.1. The van der Waals surface area contributed by atoms with E-state index in [1.54, 1.807) is 19.2 Å². The van der Waals surface area contributed by atoms with Gasteiger partial charge in [0.05, 0.1) is 11.8 Å². The van der Waals surface area contributed by atoms with Crippen LogP contribution in [0.15, 0.2) is 46.9 Å². The van der Waals surface area contributed by atoms with E-state index in [0.29, 0.717) is 5.16 Å². The third kappa shape index (κ3) is 3.98. The molecule has 0 fully saturated rings. The van der Waals surface area contributed by atoms with E-state index in [1.807, 2.05) is 17.5 Å². The molecule has 0 saturated heterocycles. The number of halogens is 1. The van der Waals surface area contributed by atoms with Crippen LogP contribution in [0, 0.1) is 5.82 Å². The molecule has 2 aromatic heterocycles. The Morgan fingerprint density at radius 2 is 2.17 bits per heavy atom. The van der Waals surface area contributed by atoms with Crippen molar-refractivity contribution in [2.24, 2.45) is 7.05 Å². The molecular weight excluding hydrogens is 349 g/mol. The maximum atomic E-state index is 13.2. The SMILES string of the molecule is Cn1nnnc1SCC(=O)NC(c1ccc(F)cc1)c1cccs1. The topological polar surface area (TPSA) is 72.7 Å². The number of rotatable bonds is 6. The quantitative estimate of drug-likeness (QED) is 0.681. The van der Waals surface area contributed by atoms with E-state index < -0.39 is 0 Å². The number of tetrazole rings is 1. The summed E-state index contributed by atoms with van der Waals surface area (Å²) >= 11 is 2.80. The Bertz CT molecular complexity index is 804. The van der Waals surface area contributed by atoms with E-state index in [1.165, 1.54) is 39.9 Å². The molecule has 2 heterocycles. The Labute approximate surface area is 146 Å². The molecular formula is C15H14FN5OS2. The van der Waals surface area contributed by atoms with Crippen LogP contribution in [0.25, 0.3) is 0 Å². The van der Waals surface area contributed by atoms with Gasteiger partial charge in [-0.2, -0.15) is 0 Å². The van der Waals surface area contributed by atoms with Gasteiger partial charge in [0.2, 0.25) is 11.1 Å². The Balaban J connectivity index is 1.71. The van der Waals surface area contributed by atoms with Crippen LogP contribution >= 0.6 is 23.1 Å². The number of hydrogen-bond acceptors (Lipinski definition) is 6. The Morgan fingerprint density at radius 1 is 1.38 bits per heavy atom. The number of aromatic nitrogens is 4. The van der Waals surface area contributed by atoms with Gasteiger partial charge in [0.25, 0.3) is 0 Å². The van der Waals surface area contributed by atoms with E-state index in [2.05, 4.69) is 20.8 Å². The molecule has 0 spiro atoms. The predicted molar refractivity (Wildman–Crippen MR) is 90.2 cm³/mol. The summed E-state index contributed by atoms with van der Waals surface area (Å²) in [6.07, 6.45) is 0. The standard InChI is InChI=1S/C15H14FN5OS2/c1-21-15(18-19-20-21)24-9-13(22)17-14(12-3-2-8-23-12)10-4-6-11(16)7-5-10/h2-8,14H,9H2,1H3,(H,17,22). The molecule has 1 unspecified atom stereocenters. The molecule has 9 heteroatoms. The molecule has 124 valence electrons. The second kappa shape index (κ2) is 7.54. The van der Waals surface area contributed by atoms with Gasteiger partial charge in [-0.3, -0.25) is 4.79 Å². The van der Waals surface area contributed by atoms with Crippen LogP contribution in [0.5, 0.6) is 0 Å². The fourth-order valence-electron chi connectivity index (χ4n) is 2.11. The molecule has 3 aromatic rings. The van der Waals surface area contributed by atoms with E-state index in [-0.39, 0.29) is 23.5 Å². The summed E-state index contributed by atoms with van der Waals surface area (Å²) in [6.45, 7) is 0. The second-order valence-electron chi connectivity index (χ2n) is 4.94. The lowest BCUT2D eigenvalue weighted by molar-refractivity contribution is -0.119. The average molecular weight is 363 g/mol. The van der Waals surface area contributed by atoms with Crippen LogP contribution in [0.2, 0.25) is 0 Å². The van der Waals surface area contributed by atoms with Crippen molar-refractivity contribution in [2.75, 3.05) is 5.75 Å². The van der Waals surface area contributed by atoms with Crippen LogP contribution < -0.4 is 5.32 Å². The number of aryl methyl sites for hydroxylation is 1. The Hall–Kier alpha value is -2.26. The molecule has 0 aliphatic rings. The lowest BCUT2D eigenvalue weighted by Gasteiger charge is -2.18. The number of thioether (sulfide) groups is 1. The van der Waals surface area contributed by atoms with Crippen molar-refractivity contribution in [3.63, 3.8) is 0 Å². The number of amides is 1. The van der Waals surface area contributed by atoms with Crippen LogP contribution in [0.4, 0.5) is 4.39 Å². The third-order valence-corrected chi connectivity index (χ3v) is 5.20. The summed E-state index contributed by atoms with van der Waals surface area (Å²) in [6, 6.07) is 9.70. The van der Waals surface area contributed by atoms with Crippen molar-refractivity contribution in [3.8, 4) is 0 Å². The summed E-state index contributed by atoms with van der Waals surface area (Å²) in [7, 11) is 1.72. The van der Waals surface area contributed by atoms with Crippen LogP contribution in [-0.2, 0) is 11.8 Å². The van der Waals surface area contributed by atoms with E-state index in [0.717, 1.165) is 10.4 Å². The van der Waals surface area contributed by atoms with E-state index in [4.69, 9.17) is 0 Å². The molecule has 3 rings (SSSR count). The van der Waals surface area contributed by atoms with Gasteiger partial charge in [-0.1, -0.05) is 30.0 Å². The van der Waals surface area contributed by atoms with Crippen molar-refractivity contribution < 1.29 is 9.18 Å². The highest BCUT2D eigenvalue weighted by molar-refractivity contribution is 7.99. The third-order valence-electron chi connectivity index (χ3n) is 3.25. The van der Waals surface area contributed by atoms with Crippen LogP contribution in [-0.4, -0.2) is 31.9 Å². The number of nitrogens with one attached hydrogen (secondary N) is 1. The molecule has 0 aliphatic heterocycles. The lowest BCUT2D eigenvalue weighted by Crippen LogP contribution is -2.30. The van der Waals surface area contributed by atoms with Gasteiger partial charge < -0.3 is 5.32 Å². The smallest absolute Gasteiger partial charge is 0.231 e. The summed E-state index contributed by atoms with van der Waals surface area (Å²) in [4.78, 5) is 13.3. The molecule has 6 nitrogen and oxygen atoms in total. The highest BCUT2D eigenvalue weighted by Crippen LogP contribution is 2.26. The molecule has 1 atom stereocenters. The highest BCUT2D eigenvalue weighted by atomic mass is 32.2. The zero-order valence-electron chi connectivity index (χ0n) is 12.7. The molecule has 24 heavy (non-hydrogen) atoms. The number of benzene rings is 1. The Morgan fingerprint density at radius 3 is 2.79 bits per heavy atom. The first-order valence-electron chi connectivity index (χ1n) is 7.07. The number of thiophene rings is 1.